The van der Waals surface area contributed by atoms with Crippen molar-refractivity contribution in [3.8, 4) is 0 Å². The first-order valence-corrected chi connectivity index (χ1v) is 5.67. The van der Waals surface area contributed by atoms with Gasteiger partial charge in [0.1, 0.15) is 5.82 Å². The number of carbonyl (C=O) groups excluding carboxylic acids is 1. The van der Waals surface area contributed by atoms with Crippen molar-refractivity contribution in [1.82, 2.24) is 4.98 Å². The van der Waals surface area contributed by atoms with Gasteiger partial charge in [-0.1, -0.05) is 23.7 Å². The van der Waals surface area contributed by atoms with E-state index in [1.807, 2.05) is 18.2 Å². The van der Waals surface area contributed by atoms with Crippen LogP contribution >= 0.6 is 11.6 Å². The van der Waals surface area contributed by atoms with Gasteiger partial charge in [-0.15, -0.1) is 0 Å². The molecule has 6 heteroatoms. The van der Waals surface area contributed by atoms with Crippen molar-refractivity contribution in [3.63, 3.8) is 0 Å². The highest BCUT2D eigenvalue weighted by molar-refractivity contribution is 6.35. The van der Waals surface area contributed by atoms with Gasteiger partial charge in [-0.05, 0) is 13.0 Å². The molecular formula is C12H13ClN4O. The first-order chi connectivity index (χ1) is 8.50. The highest BCUT2D eigenvalue weighted by atomic mass is 35.5. The number of hydrogen-bond acceptors (Lipinski definition) is 3. The molecule has 2 aromatic rings. The SMILES string of the molecule is C/C(C(N)=O)=C(/N)Nc1cccc2c(Cl)c[nH]c12. The second-order valence-corrected chi connectivity index (χ2v) is 4.30. The number of para-hydroxylation sites is 1. The summed E-state index contributed by atoms with van der Waals surface area (Å²) in [5.74, 6) is -0.336. The molecule has 5 nitrogen and oxygen atoms in total. The second kappa shape index (κ2) is 4.62. The van der Waals surface area contributed by atoms with Crippen molar-refractivity contribution in [1.29, 1.82) is 0 Å². The molecule has 6 N–H and O–H groups in total. The zero-order chi connectivity index (χ0) is 13.3. The zero-order valence-corrected chi connectivity index (χ0v) is 10.5. The molecule has 0 spiro atoms. The predicted molar refractivity (Wildman–Crippen MR) is 73.0 cm³/mol. The number of nitrogens with one attached hydrogen (secondary N) is 2. The van der Waals surface area contributed by atoms with Crippen molar-refractivity contribution in [2.45, 2.75) is 6.92 Å². The summed E-state index contributed by atoms with van der Waals surface area (Å²) in [5.41, 5.74) is 12.8. The Morgan fingerprint density at radius 1 is 1.39 bits per heavy atom. The lowest BCUT2D eigenvalue weighted by molar-refractivity contribution is -0.114. The minimum atomic E-state index is -0.559. The van der Waals surface area contributed by atoms with E-state index in [0.29, 0.717) is 5.02 Å². The maximum atomic E-state index is 11.0. The third-order valence-electron chi connectivity index (χ3n) is 2.71. The quantitative estimate of drug-likeness (QED) is 0.638. The van der Waals surface area contributed by atoms with Crippen molar-refractivity contribution in [2.75, 3.05) is 5.32 Å². The first-order valence-electron chi connectivity index (χ1n) is 5.29. The molecule has 94 valence electrons. The van der Waals surface area contributed by atoms with E-state index >= 15 is 0 Å². The van der Waals surface area contributed by atoms with Gasteiger partial charge in [0.15, 0.2) is 0 Å². The van der Waals surface area contributed by atoms with Gasteiger partial charge >= 0.3 is 0 Å². The summed E-state index contributed by atoms with van der Waals surface area (Å²) in [6.45, 7) is 1.56. The maximum absolute atomic E-state index is 11.0. The average molecular weight is 265 g/mol. The average Bonchev–Trinajstić information content (AvgIpc) is 2.71. The van der Waals surface area contributed by atoms with Crippen LogP contribution < -0.4 is 16.8 Å². The van der Waals surface area contributed by atoms with Gasteiger partial charge in [0, 0.05) is 11.6 Å². The van der Waals surface area contributed by atoms with Crippen LogP contribution in [0.1, 0.15) is 6.92 Å². The van der Waals surface area contributed by atoms with Gasteiger partial charge in [0.2, 0.25) is 5.91 Å². The highest BCUT2D eigenvalue weighted by Gasteiger charge is 2.08. The number of fused-ring (bicyclic) bond motifs is 1. The summed E-state index contributed by atoms with van der Waals surface area (Å²) >= 11 is 6.02. The smallest absolute Gasteiger partial charge is 0.247 e. The molecule has 0 aliphatic heterocycles. The molecule has 0 unspecified atom stereocenters. The molecule has 0 bridgehead atoms. The standard InChI is InChI=1S/C12H13ClN4O/c1-6(12(15)18)11(14)17-9-4-2-3-7-8(13)5-16-10(7)9/h2-5,16-17H,14H2,1H3,(H2,15,18)/b11-6+. The zero-order valence-electron chi connectivity index (χ0n) is 9.75. The molecule has 0 aliphatic carbocycles. The Labute approximate surface area is 109 Å². The molecule has 18 heavy (non-hydrogen) atoms. The number of amides is 1. The molecular weight excluding hydrogens is 252 g/mol. The van der Waals surface area contributed by atoms with Gasteiger partial charge in [0.05, 0.1) is 21.8 Å². The first kappa shape index (κ1) is 12.3. The molecule has 0 atom stereocenters. The summed E-state index contributed by atoms with van der Waals surface area (Å²) in [7, 11) is 0. The highest BCUT2D eigenvalue weighted by Crippen LogP contribution is 2.28. The number of aromatic amines is 1. The molecule has 0 radical (unpaired) electrons. The number of benzene rings is 1. The molecule has 0 saturated carbocycles. The second-order valence-electron chi connectivity index (χ2n) is 3.89. The number of hydrogen-bond donors (Lipinski definition) is 4. The van der Waals surface area contributed by atoms with Crippen LogP contribution in [0.5, 0.6) is 0 Å². The Bertz CT molecular complexity index is 645. The molecule has 1 aromatic heterocycles. The Hall–Kier alpha value is -2.14. The predicted octanol–water partition coefficient (Wildman–Crippen LogP) is 1.91. The Balaban J connectivity index is 2.44. The number of nitrogens with two attached hydrogens (primary N) is 2. The maximum Gasteiger partial charge on any atom is 0.247 e. The van der Waals surface area contributed by atoms with E-state index in [0.717, 1.165) is 16.6 Å². The van der Waals surface area contributed by atoms with Gasteiger partial charge < -0.3 is 21.8 Å². The van der Waals surface area contributed by atoms with Gasteiger partial charge in [-0.25, -0.2) is 0 Å². The monoisotopic (exact) mass is 264 g/mol. The van der Waals surface area contributed by atoms with E-state index in [2.05, 4.69) is 10.3 Å². The fraction of sp³-hybridized carbons (Fsp3) is 0.0833. The fourth-order valence-electron chi connectivity index (χ4n) is 1.60. The number of aromatic nitrogens is 1. The number of primary amides is 1. The van der Waals surface area contributed by atoms with Gasteiger partial charge in [-0.2, -0.15) is 0 Å². The third kappa shape index (κ3) is 2.12. The van der Waals surface area contributed by atoms with Crippen LogP contribution in [0.15, 0.2) is 35.8 Å². The molecule has 2 rings (SSSR count). The van der Waals surface area contributed by atoms with Crippen molar-refractivity contribution < 1.29 is 4.79 Å². The van der Waals surface area contributed by atoms with Crippen LogP contribution in [-0.2, 0) is 4.79 Å². The Morgan fingerprint density at radius 2 is 2.11 bits per heavy atom. The lowest BCUT2D eigenvalue weighted by Gasteiger charge is -2.09. The summed E-state index contributed by atoms with van der Waals surface area (Å²) in [5, 5.41) is 4.45. The van der Waals surface area contributed by atoms with E-state index in [4.69, 9.17) is 23.1 Å². The van der Waals surface area contributed by atoms with Crippen molar-refractivity contribution in [2.24, 2.45) is 11.5 Å². The number of carbonyl (C=O) groups is 1. The van der Waals surface area contributed by atoms with E-state index in [1.165, 1.54) is 0 Å². The van der Waals surface area contributed by atoms with Crippen LogP contribution in [-0.4, -0.2) is 10.9 Å². The van der Waals surface area contributed by atoms with Crippen LogP contribution in [0.3, 0.4) is 0 Å². The van der Waals surface area contributed by atoms with Gasteiger partial charge in [0.25, 0.3) is 0 Å². The molecule has 0 fully saturated rings. The Morgan fingerprint density at radius 3 is 2.78 bits per heavy atom. The lowest BCUT2D eigenvalue weighted by Crippen LogP contribution is -2.21. The normalized spacial score (nSPS) is 12.3. The van der Waals surface area contributed by atoms with Crippen LogP contribution in [0.4, 0.5) is 5.69 Å². The van der Waals surface area contributed by atoms with E-state index in [1.54, 1.807) is 13.1 Å². The summed E-state index contributed by atoms with van der Waals surface area (Å²) in [6, 6.07) is 5.56. The number of anilines is 1. The van der Waals surface area contributed by atoms with E-state index in [-0.39, 0.29) is 11.4 Å². The molecule has 0 aliphatic rings. The summed E-state index contributed by atoms with van der Waals surface area (Å²) < 4.78 is 0. The number of rotatable bonds is 3. The van der Waals surface area contributed by atoms with E-state index in [9.17, 15) is 4.79 Å². The number of halogens is 1. The van der Waals surface area contributed by atoms with Crippen molar-refractivity contribution in [3.05, 3.63) is 40.8 Å². The molecule has 0 saturated heterocycles. The van der Waals surface area contributed by atoms with Crippen LogP contribution in [0.25, 0.3) is 10.9 Å². The Kier molecular flexibility index (Phi) is 3.16. The largest absolute Gasteiger partial charge is 0.385 e. The fourth-order valence-corrected chi connectivity index (χ4v) is 1.81. The van der Waals surface area contributed by atoms with Gasteiger partial charge in [-0.3, -0.25) is 4.79 Å². The third-order valence-corrected chi connectivity index (χ3v) is 3.02. The van der Waals surface area contributed by atoms with Crippen molar-refractivity contribution >= 4 is 34.1 Å². The minimum absolute atomic E-state index is 0.223. The molecule has 1 amide bonds. The summed E-state index contributed by atoms with van der Waals surface area (Å²) in [4.78, 5) is 14.1. The molecule has 1 heterocycles. The minimum Gasteiger partial charge on any atom is -0.385 e. The summed E-state index contributed by atoms with van der Waals surface area (Å²) in [6.07, 6.45) is 1.69. The van der Waals surface area contributed by atoms with E-state index < -0.39 is 5.91 Å². The van der Waals surface area contributed by atoms with Crippen LogP contribution in [0.2, 0.25) is 5.02 Å². The lowest BCUT2D eigenvalue weighted by atomic mass is 10.2. The molecule has 1 aromatic carbocycles. The topological polar surface area (TPSA) is 96.9 Å². The number of H-pyrrole nitrogens is 1. The van der Waals surface area contributed by atoms with Crippen LogP contribution in [0, 0.1) is 0 Å².